The summed E-state index contributed by atoms with van der Waals surface area (Å²) >= 11 is 6.04. The topological polar surface area (TPSA) is 59.6 Å². The number of nitrogens with one attached hydrogen (secondary N) is 2. The highest BCUT2D eigenvalue weighted by molar-refractivity contribution is 6.31. The molecular weight excluding hydrogens is 280 g/mol. The maximum absolute atomic E-state index is 12.0. The van der Waals surface area contributed by atoms with Gasteiger partial charge in [0, 0.05) is 24.2 Å². The molecule has 1 aromatic carbocycles. The molecule has 0 spiro atoms. The van der Waals surface area contributed by atoms with Gasteiger partial charge in [-0.15, -0.1) is 0 Å². The summed E-state index contributed by atoms with van der Waals surface area (Å²) in [7, 11) is 1.55. The van der Waals surface area contributed by atoms with Crippen molar-refractivity contribution in [2.24, 2.45) is 0 Å². The molecular formula is C14H19ClN2O3. The molecule has 2 N–H and O–H groups in total. The van der Waals surface area contributed by atoms with Gasteiger partial charge in [0.2, 0.25) is 5.91 Å². The second kappa shape index (κ2) is 6.92. The molecule has 0 bridgehead atoms. The molecule has 1 amide bonds. The molecule has 2 rings (SSSR count). The van der Waals surface area contributed by atoms with E-state index < -0.39 is 0 Å². The van der Waals surface area contributed by atoms with Crippen LogP contribution in [0.1, 0.15) is 12.0 Å². The van der Waals surface area contributed by atoms with E-state index in [1.54, 1.807) is 19.2 Å². The predicted molar refractivity (Wildman–Crippen MR) is 78.6 cm³/mol. The minimum absolute atomic E-state index is 0.0804. The molecule has 110 valence electrons. The lowest BCUT2D eigenvalue weighted by molar-refractivity contribution is -0.119. The first-order valence-corrected chi connectivity index (χ1v) is 6.94. The van der Waals surface area contributed by atoms with Crippen molar-refractivity contribution in [1.29, 1.82) is 0 Å². The lowest BCUT2D eigenvalue weighted by Crippen LogP contribution is -2.40. The molecule has 1 aromatic rings. The molecule has 1 aliphatic rings. The van der Waals surface area contributed by atoms with Crippen LogP contribution in [0.4, 0.5) is 5.69 Å². The fourth-order valence-electron chi connectivity index (χ4n) is 2.09. The maximum atomic E-state index is 12.0. The summed E-state index contributed by atoms with van der Waals surface area (Å²) in [5, 5.41) is 6.65. The minimum Gasteiger partial charge on any atom is -0.495 e. The predicted octanol–water partition coefficient (Wildman–Crippen LogP) is 1.97. The number of anilines is 1. The summed E-state index contributed by atoms with van der Waals surface area (Å²) in [6.45, 7) is 4.05. The normalized spacial score (nSPS) is 18.6. The van der Waals surface area contributed by atoms with Crippen LogP contribution in [-0.2, 0) is 9.53 Å². The molecule has 0 radical (unpaired) electrons. The van der Waals surface area contributed by atoms with Crippen molar-refractivity contribution in [3.63, 3.8) is 0 Å². The Hall–Kier alpha value is -1.30. The van der Waals surface area contributed by atoms with Gasteiger partial charge < -0.3 is 20.1 Å². The van der Waals surface area contributed by atoms with E-state index in [-0.39, 0.29) is 12.0 Å². The Bertz CT molecular complexity index is 488. The van der Waals surface area contributed by atoms with E-state index >= 15 is 0 Å². The molecule has 6 heteroatoms. The van der Waals surface area contributed by atoms with Crippen LogP contribution in [0.15, 0.2) is 12.1 Å². The number of benzene rings is 1. The molecule has 5 nitrogen and oxygen atoms in total. The smallest absolute Gasteiger partial charge is 0.227 e. The average molecular weight is 299 g/mol. The van der Waals surface area contributed by atoms with Crippen LogP contribution in [-0.4, -0.2) is 38.8 Å². The van der Waals surface area contributed by atoms with Crippen molar-refractivity contribution in [2.45, 2.75) is 19.4 Å². The zero-order valence-corrected chi connectivity index (χ0v) is 12.4. The first-order chi connectivity index (χ1) is 9.60. The van der Waals surface area contributed by atoms with Gasteiger partial charge in [0.25, 0.3) is 0 Å². The molecule has 1 unspecified atom stereocenters. The van der Waals surface area contributed by atoms with Gasteiger partial charge in [0.05, 0.1) is 31.9 Å². The van der Waals surface area contributed by atoms with Gasteiger partial charge in [-0.2, -0.15) is 0 Å². The SMILES string of the molecule is COc1cc(Cl)c(C)cc1NC(=O)CC1CNCCO1. The number of ether oxygens (including phenoxy) is 2. The summed E-state index contributed by atoms with van der Waals surface area (Å²) in [5.74, 6) is 0.454. The number of aryl methyl sites for hydroxylation is 1. The molecule has 1 fully saturated rings. The van der Waals surface area contributed by atoms with E-state index in [0.717, 1.165) is 12.1 Å². The Morgan fingerprint density at radius 2 is 2.40 bits per heavy atom. The third kappa shape index (κ3) is 3.85. The van der Waals surface area contributed by atoms with Crippen LogP contribution in [0.3, 0.4) is 0 Å². The lowest BCUT2D eigenvalue weighted by Gasteiger charge is -2.23. The molecule has 20 heavy (non-hydrogen) atoms. The van der Waals surface area contributed by atoms with Crippen molar-refractivity contribution >= 4 is 23.2 Å². The summed E-state index contributed by atoms with van der Waals surface area (Å²) in [6, 6.07) is 3.50. The van der Waals surface area contributed by atoms with Gasteiger partial charge in [0.15, 0.2) is 0 Å². The Labute approximate surface area is 123 Å². The van der Waals surface area contributed by atoms with Crippen molar-refractivity contribution in [3.8, 4) is 5.75 Å². The number of methoxy groups -OCH3 is 1. The zero-order valence-electron chi connectivity index (χ0n) is 11.7. The molecule has 0 aromatic heterocycles. The first-order valence-electron chi connectivity index (χ1n) is 6.56. The summed E-state index contributed by atoms with van der Waals surface area (Å²) in [6.07, 6.45) is 0.237. The minimum atomic E-state index is -0.0984. The van der Waals surface area contributed by atoms with E-state index in [2.05, 4.69) is 10.6 Å². The van der Waals surface area contributed by atoms with E-state index in [1.165, 1.54) is 0 Å². The molecule has 1 heterocycles. The second-order valence-corrected chi connectivity index (χ2v) is 5.16. The number of carbonyl (C=O) groups excluding carboxylic acids is 1. The zero-order chi connectivity index (χ0) is 14.5. The quantitative estimate of drug-likeness (QED) is 0.892. The highest BCUT2D eigenvalue weighted by Gasteiger charge is 2.18. The molecule has 0 saturated carbocycles. The second-order valence-electron chi connectivity index (χ2n) is 4.75. The number of halogens is 1. The Balaban J connectivity index is 2.01. The van der Waals surface area contributed by atoms with Gasteiger partial charge in [-0.1, -0.05) is 11.6 Å². The van der Waals surface area contributed by atoms with Gasteiger partial charge in [-0.05, 0) is 18.6 Å². The van der Waals surface area contributed by atoms with Crippen LogP contribution >= 0.6 is 11.6 Å². The van der Waals surface area contributed by atoms with Crippen LogP contribution in [0.5, 0.6) is 5.75 Å². The Morgan fingerprint density at radius 3 is 3.05 bits per heavy atom. The van der Waals surface area contributed by atoms with Gasteiger partial charge >= 0.3 is 0 Å². The van der Waals surface area contributed by atoms with Crippen LogP contribution < -0.4 is 15.4 Å². The fraction of sp³-hybridized carbons (Fsp3) is 0.500. The van der Waals surface area contributed by atoms with Crippen LogP contribution in [0.2, 0.25) is 5.02 Å². The van der Waals surface area contributed by atoms with E-state index in [1.807, 2.05) is 6.92 Å². The van der Waals surface area contributed by atoms with Crippen LogP contribution in [0.25, 0.3) is 0 Å². The molecule has 0 aliphatic carbocycles. The van der Waals surface area contributed by atoms with Crippen molar-refractivity contribution in [1.82, 2.24) is 5.32 Å². The van der Waals surface area contributed by atoms with Crippen LogP contribution in [0, 0.1) is 6.92 Å². The van der Waals surface area contributed by atoms with Gasteiger partial charge in [-0.25, -0.2) is 0 Å². The van der Waals surface area contributed by atoms with E-state index in [9.17, 15) is 4.79 Å². The van der Waals surface area contributed by atoms with Gasteiger partial charge in [-0.3, -0.25) is 4.79 Å². The maximum Gasteiger partial charge on any atom is 0.227 e. The lowest BCUT2D eigenvalue weighted by atomic mass is 10.1. The number of morpholine rings is 1. The van der Waals surface area contributed by atoms with E-state index in [4.69, 9.17) is 21.1 Å². The van der Waals surface area contributed by atoms with Crippen molar-refractivity contribution < 1.29 is 14.3 Å². The largest absolute Gasteiger partial charge is 0.495 e. The molecule has 1 atom stereocenters. The monoisotopic (exact) mass is 298 g/mol. The number of hydrogen-bond acceptors (Lipinski definition) is 4. The number of carbonyl (C=O) groups is 1. The summed E-state index contributed by atoms with van der Waals surface area (Å²) in [5.41, 5.74) is 1.52. The fourth-order valence-corrected chi connectivity index (χ4v) is 2.24. The van der Waals surface area contributed by atoms with E-state index in [0.29, 0.717) is 36.0 Å². The highest BCUT2D eigenvalue weighted by atomic mass is 35.5. The third-order valence-corrected chi connectivity index (χ3v) is 3.58. The molecule has 1 aliphatic heterocycles. The van der Waals surface area contributed by atoms with Crippen molar-refractivity contribution in [3.05, 3.63) is 22.7 Å². The number of rotatable bonds is 4. The third-order valence-electron chi connectivity index (χ3n) is 3.17. The van der Waals surface area contributed by atoms with Crippen molar-refractivity contribution in [2.75, 3.05) is 32.1 Å². The standard InChI is InChI=1S/C14H19ClN2O3/c1-9-5-12(13(19-2)7-11(9)15)17-14(18)6-10-8-16-3-4-20-10/h5,7,10,16H,3-4,6,8H2,1-2H3,(H,17,18). The average Bonchev–Trinajstić information content (AvgIpc) is 2.43. The summed E-state index contributed by atoms with van der Waals surface area (Å²) in [4.78, 5) is 12.0. The number of amides is 1. The Kier molecular flexibility index (Phi) is 5.23. The molecule has 1 saturated heterocycles. The Morgan fingerprint density at radius 1 is 1.60 bits per heavy atom. The summed E-state index contributed by atoms with van der Waals surface area (Å²) < 4.78 is 10.7. The van der Waals surface area contributed by atoms with Gasteiger partial charge in [0.1, 0.15) is 5.75 Å². The number of hydrogen-bond donors (Lipinski definition) is 2. The highest BCUT2D eigenvalue weighted by Crippen LogP contribution is 2.31. The first kappa shape index (κ1) is 15.1.